The molecule has 3 nitrogen and oxygen atoms in total. The van der Waals surface area contributed by atoms with Crippen LogP contribution in [0.2, 0.25) is 0 Å². The average molecular weight is 223 g/mol. The molecule has 1 amide bonds. The van der Waals surface area contributed by atoms with Gasteiger partial charge >= 0.3 is 0 Å². The van der Waals surface area contributed by atoms with Gasteiger partial charge in [0.1, 0.15) is 5.88 Å². The highest BCUT2D eigenvalue weighted by molar-refractivity contribution is 6.29. The number of carbonyl (C=O) groups excluding carboxylic acids is 1. The van der Waals surface area contributed by atoms with Gasteiger partial charge in [0.25, 0.3) is 0 Å². The minimum atomic E-state index is -0.182. The molecule has 0 aromatic heterocycles. The molecule has 78 valence electrons. The van der Waals surface area contributed by atoms with Crippen LogP contribution in [0.4, 0.5) is 5.69 Å². The number of anilines is 1. The molecule has 1 rings (SSSR count). The van der Waals surface area contributed by atoms with E-state index in [4.69, 9.17) is 16.9 Å². The van der Waals surface area contributed by atoms with Crippen LogP contribution < -0.4 is 4.90 Å². The quantitative estimate of drug-likeness (QED) is 0.733. The summed E-state index contributed by atoms with van der Waals surface area (Å²) in [5.74, 6) is -0.251. The van der Waals surface area contributed by atoms with Gasteiger partial charge in [0.05, 0.1) is 12.5 Å². The summed E-state index contributed by atoms with van der Waals surface area (Å²) in [7, 11) is 0. The second-order valence-electron chi connectivity index (χ2n) is 2.92. The van der Waals surface area contributed by atoms with Gasteiger partial charge in [-0.15, -0.1) is 11.6 Å². The molecule has 0 atom stereocenters. The molecule has 1 aromatic carbocycles. The number of alkyl halides is 1. The normalized spacial score (nSPS) is 9.33. The summed E-state index contributed by atoms with van der Waals surface area (Å²) in [4.78, 5) is 13.0. The first-order chi connectivity index (χ1) is 7.29. The van der Waals surface area contributed by atoms with Gasteiger partial charge in [0, 0.05) is 12.2 Å². The van der Waals surface area contributed by atoms with Gasteiger partial charge in [0.15, 0.2) is 0 Å². The zero-order chi connectivity index (χ0) is 11.1. The molecule has 0 saturated carbocycles. The molecule has 1 aromatic rings. The molecule has 0 spiro atoms. The third kappa shape index (κ3) is 3.26. The Morgan fingerprint density at radius 2 is 2.07 bits per heavy atom. The predicted octanol–water partition coefficient (Wildman–Crippen LogP) is 2.17. The van der Waals surface area contributed by atoms with Crippen LogP contribution >= 0.6 is 11.6 Å². The molecule has 0 bridgehead atoms. The van der Waals surface area contributed by atoms with Gasteiger partial charge in [-0.1, -0.05) is 18.2 Å². The van der Waals surface area contributed by atoms with Crippen molar-refractivity contribution in [3.8, 4) is 6.07 Å². The Bertz CT molecular complexity index is 359. The fourth-order valence-electron chi connectivity index (χ4n) is 1.24. The first kappa shape index (κ1) is 11.5. The molecule has 0 unspecified atom stereocenters. The van der Waals surface area contributed by atoms with Gasteiger partial charge in [-0.05, 0) is 12.1 Å². The maximum absolute atomic E-state index is 11.5. The maximum atomic E-state index is 11.5. The van der Waals surface area contributed by atoms with E-state index in [0.717, 1.165) is 5.69 Å². The van der Waals surface area contributed by atoms with Crippen LogP contribution in [0.15, 0.2) is 30.3 Å². The zero-order valence-corrected chi connectivity index (χ0v) is 8.94. The molecule has 0 aliphatic heterocycles. The van der Waals surface area contributed by atoms with Crippen molar-refractivity contribution < 1.29 is 4.79 Å². The number of amides is 1. The number of rotatable bonds is 4. The highest BCUT2D eigenvalue weighted by Gasteiger charge is 2.13. The molecule has 0 radical (unpaired) electrons. The van der Waals surface area contributed by atoms with Crippen molar-refractivity contribution in [2.75, 3.05) is 17.3 Å². The predicted molar refractivity (Wildman–Crippen MR) is 59.7 cm³/mol. The second kappa shape index (κ2) is 6.05. The van der Waals surface area contributed by atoms with Gasteiger partial charge in [0.2, 0.25) is 5.91 Å². The molecule has 0 aliphatic rings. The van der Waals surface area contributed by atoms with E-state index >= 15 is 0 Å². The Balaban J connectivity index is 2.82. The van der Waals surface area contributed by atoms with E-state index in [1.165, 1.54) is 4.90 Å². The Morgan fingerprint density at radius 3 is 2.60 bits per heavy atom. The lowest BCUT2D eigenvalue weighted by molar-refractivity contribution is -0.116. The lowest BCUT2D eigenvalue weighted by atomic mass is 10.2. The number of nitriles is 1. The third-order valence-corrected chi connectivity index (χ3v) is 2.16. The minimum absolute atomic E-state index is 0.0691. The first-order valence-corrected chi connectivity index (χ1v) is 5.11. The number of carbonyl (C=O) groups is 1. The van der Waals surface area contributed by atoms with Crippen molar-refractivity contribution in [2.24, 2.45) is 0 Å². The molecule has 0 fully saturated rings. The van der Waals surface area contributed by atoms with E-state index in [9.17, 15) is 4.79 Å². The summed E-state index contributed by atoms with van der Waals surface area (Å²) in [6.07, 6.45) is 0.303. The fraction of sp³-hybridized carbons (Fsp3) is 0.273. The van der Waals surface area contributed by atoms with E-state index in [0.29, 0.717) is 13.0 Å². The Morgan fingerprint density at radius 1 is 1.40 bits per heavy atom. The van der Waals surface area contributed by atoms with Gasteiger partial charge in [-0.3, -0.25) is 4.79 Å². The van der Waals surface area contributed by atoms with E-state index < -0.39 is 0 Å². The van der Waals surface area contributed by atoms with Crippen LogP contribution in [0, 0.1) is 11.3 Å². The average Bonchev–Trinajstić information content (AvgIpc) is 2.30. The van der Waals surface area contributed by atoms with Crippen LogP contribution in [-0.2, 0) is 4.79 Å². The second-order valence-corrected chi connectivity index (χ2v) is 3.19. The number of para-hydroxylation sites is 1. The maximum Gasteiger partial charge on any atom is 0.241 e. The molecular formula is C11H11ClN2O. The van der Waals surface area contributed by atoms with Gasteiger partial charge < -0.3 is 4.90 Å². The van der Waals surface area contributed by atoms with Crippen molar-refractivity contribution in [3.05, 3.63) is 30.3 Å². The van der Waals surface area contributed by atoms with Crippen LogP contribution in [-0.4, -0.2) is 18.3 Å². The lowest BCUT2D eigenvalue weighted by Gasteiger charge is -2.20. The zero-order valence-electron chi connectivity index (χ0n) is 8.19. The Kier molecular flexibility index (Phi) is 4.65. The topological polar surface area (TPSA) is 44.1 Å². The monoisotopic (exact) mass is 222 g/mol. The van der Waals surface area contributed by atoms with E-state index in [-0.39, 0.29) is 11.8 Å². The van der Waals surface area contributed by atoms with E-state index in [1.807, 2.05) is 36.4 Å². The summed E-state index contributed by atoms with van der Waals surface area (Å²) in [6.45, 7) is 0.381. The molecule has 0 N–H and O–H groups in total. The number of benzene rings is 1. The van der Waals surface area contributed by atoms with Crippen molar-refractivity contribution in [1.29, 1.82) is 5.26 Å². The molecular weight excluding hydrogens is 212 g/mol. The summed E-state index contributed by atoms with van der Waals surface area (Å²) in [6, 6.07) is 11.2. The summed E-state index contributed by atoms with van der Waals surface area (Å²) in [5, 5.41) is 8.50. The number of hydrogen-bond donors (Lipinski definition) is 0. The highest BCUT2D eigenvalue weighted by atomic mass is 35.5. The smallest absolute Gasteiger partial charge is 0.241 e. The minimum Gasteiger partial charge on any atom is -0.310 e. The Labute approximate surface area is 93.9 Å². The van der Waals surface area contributed by atoms with Gasteiger partial charge in [-0.25, -0.2) is 0 Å². The third-order valence-electron chi connectivity index (χ3n) is 1.93. The van der Waals surface area contributed by atoms with Crippen molar-refractivity contribution in [1.82, 2.24) is 0 Å². The SMILES string of the molecule is N#CCCN(C(=O)CCl)c1ccccc1. The lowest BCUT2D eigenvalue weighted by Crippen LogP contribution is -2.32. The molecule has 0 aliphatic carbocycles. The van der Waals surface area contributed by atoms with Crippen LogP contribution in [0.5, 0.6) is 0 Å². The standard InChI is InChI=1S/C11H11ClN2O/c12-9-11(15)14(8-4-7-13)10-5-2-1-3-6-10/h1-3,5-6H,4,8-9H2. The fourth-order valence-corrected chi connectivity index (χ4v) is 1.38. The summed E-state index contributed by atoms with van der Waals surface area (Å²) < 4.78 is 0. The van der Waals surface area contributed by atoms with Crippen LogP contribution in [0.1, 0.15) is 6.42 Å². The van der Waals surface area contributed by atoms with E-state index in [1.54, 1.807) is 0 Å². The molecule has 4 heteroatoms. The van der Waals surface area contributed by atoms with Crippen LogP contribution in [0.25, 0.3) is 0 Å². The molecule has 15 heavy (non-hydrogen) atoms. The molecule has 0 saturated heterocycles. The summed E-state index contributed by atoms with van der Waals surface area (Å²) >= 11 is 5.50. The van der Waals surface area contributed by atoms with Crippen molar-refractivity contribution >= 4 is 23.2 Å². The van der Waals surface area contributed by atoms with E-state index in [2.05, 4.69) is 0 Å². The largest absolute Gasteiger partial charge is 0.310 e. The van der Waals surface area contributed by atoms with Crippen molar-refractivity contribution in [3.63, 3.8) is 0 Å². The summed E-state index contributed by atoms with van der Waals surface area (Å²) in [5.41, 5.74) is 0.776. The molecule has 0 heterocycles. The van der Waals surface area contributed by atoms with Crippen LogP contribution in [0.3, 0.4) is 0 Å². The number of halogens is 1. The Hall–Kier alpha value is -1.53. The number of hydrogen-bond acceptors (Lipinski definition) is 2. The number of nitrogens with zero attached hydrogens (tertiary/aromatic N) is 2. The first-order valence-electron chi connectivity index (χ1n) is 4.58. The van der Waals surface area contributed by atoms with Gasteiger partial charge in [-0.2, -0.15) is 5.26 Å². The highest BCUT2D eigenvalue weighted by Crippen LogP contribution is 2.14. The van der Waals surface area contributed by atoms with Crippen molar-refractivity contribution in [2.45, 2.75) is 6.42 Å².